The van der Waals surface area contributed by atoms with Gasteiger partial charge in [-0.3, -0.25) is 0 Å². The lowest BCUT2D eigenvalue weighted by atomic mass is 10.2. The van der Waals surface area contributed by atoms with Crippen molar-refractivity contribution in [2.75, 3.05) is 38.1 Å². The molecule has 0 unspecified atom stereocenters. The van der Waals surface area contributed by atoms with Crippen LogP contribution in [0.25, 0.3) is 16.7 Å². The molecule has 0 bridgehead atoms. The molecule has 2 aromatic heterocycles. The van der Waals surface area contributed by atoms with E-state index in [0.29, 0.717) is 0 Å². The molecule has 6 heteroatoms. The Balaban J connectivity index is 1.71. The van der Waals surface area contributed by atoms with Crippen LogP contribution in [0.1, 0.15) is 5.82 Å². The first kappa shape index (κ1) is 14.1. The summed E-state index contributed by atoms with van der Waals surface area (Å²) in [5.74, 6) is 0.759. The van der Waals surface area contributed by atoms with Crippen LogP contribution in [0.15, 0.2) is 36.7 Å². The molecule has 0 amide bonds. The Morgan fingerprint density at radius 1 is 1.00 bits per heavy atom. The van der Waals surface area contributed by atoms with E-state index >= 15 is 0 Å². The third-order valence-corrected chi connectivity index (χ3v) is 4.37. The van der Waals surface area contributed by atoms with Crippen LogP contribution >= 0.6 is 0 Å². The summed E-state index contributed by atoms with van der Waals surface area (Å²) in [6, 6.07) is 8.52. The molecule has 1 fully saturated rings. The fourth-order valence-electron chi connectivity index (χ4n) is 2.98. The third kappa shape index (κ3) is 2.66. The molecule has 1 aliphatic heterocycles. The number of piperazine rings is 1. The van der Waals surface area contributed by atoms with E-state index in [4.69, 9.17) is 0 Å². The first-order chi connectivity index (χ1) is 11.2. The summed E-state index contributed by atoms with van der Waals surface area (Å²) in [5.41, 5.74) is 3.13. The Hall–Kier alpha value is -2.47. The topological polar surface area (TPSA) is 50.1 Å². The standard InChI is InChI=1S/C17H20N6/c1-13-18-11-14-12-19-23(17(14)20-13)16-5-3-4-15(10-16)22-8-6-21(2)7-9-22/h3-5,10-12H,6-9H2,1-2H3. The van der Waals surface area contributed by atoms with E-state index in [9.17, 15) is 0 Å². The monoisotopic (exact) mass is 308 g/mol. The zero-order valence-electron chi connectivity index (χ0n) is 13.5. The number of aromatic nitrogens is 4. The largest absolute Gasteiger partial charge is 0.369 e. The van der Waals surface area contributed by atoms with E-state index in [1.165, 1.54) is 5.69 Å². The zero-order valence-corrected chi connectivity index (χ0v) is 13.5. The molecule has 118 valence electrons. The van der Waals surface area contributed by atoms with Crippen molar-refractivity contribution in [1.82, 2.24) is 24.6 Å². The second-order valence-corrected chi connectivity index (χ2v) is 6.06. The number of hydrogen-bond acceptors (Lipinski definition) is 5. The van der Waals surface area contributed by atoms with Gasteiger partial charge in [0.05, 0.1) is 17.3 Å². The molecule has 4 rings (SSSR count). The number of likely N-dealkylation sites (N-methyl/N-ethyl adjacent to an activating group) is 1. The minimum Gasteiger partial charge on any atom is -0.369 e. The van der Waals surface area contributed by atoms with Crippen molar-refractivity contribution >= 4 is 16.7 Å². The van der Waals surface area contributed by atoms with E-state index in [1.54, 1.807) is 0 Å². The van der Waals surface area contributed by atoms with Gasteiger partial charge in [0, 0.05) is 38.1 Å². The smallest absolute Gasteiger partial charge is 0.166 e. The minimum absolute atomic E-state index is 0.759. The lowest BCUT2D eigenvalue weighted by Crippen LogP contribution is -2.44. The Morgan fingerprint density at radius 2 is 1.78 bits per heavy atom. The van der Waals surface area contributed by atoms with Crippen LogP contribution in [0, 0.1) is 6.92 Å². The molecule has 1 aromatic carbocycles. The Kier molecular flexibility index (Phi) is 3.46. The van der Waals surface area contributed by atoms with Crippen molar-refractivity contribution in [3.05, 3.63) is 42.5 Å². The average molecular weight is 308 g/mol. The van der Waals surface area contributed by atoms with Crippen LogP contribution in [0.5, 0.6) is 0 Å². The molecule has 1 aliphatic rings. The van der Waals surface area contributed by atoms with Gasteiger partial charge in [0.25, 0.3) is 0 Å². The molecule has 0 aliphatic carbocycles. The highest BCUT2D eigenvalue weighted by Crippen LogP contribution is 2.22. The van der Waals surface area contributed by atoms with Crippen LogP contribution in [0.3, 0.4) is 0 Å². The Labute approximate surface area is 135 Å². The number of benzene rings is 1. The predicted octanol–water partition coefficient (Wildman–Crippen LogP) is 1.88. The van der Waals surface area contributed by atoms with Gasteiger partial charge >= 0.3 is 0 Å². The molecule has 0 radical (unpaired) electrons. The first-order valence-corrected chi connectivity index (χ1v) is 7.92. The van der Waals surface area contributed by atoms with Crippen LogP contribution in [-0.4, -0.2) is 57.9 Å². The van der Waals surface area contributed by atoms with Crippen LogP contribution < -0.4 is 4.90 Å². The van der Waals surface area contributed by atoms with Crippen molar-refractivity contribution in [3.63, 3.8) is 0 Å². The van der Waals surface area contributed by atoms with E-state index in [0.717, 1.165) is 48.7 Å². The number of nitrogens with zero attached hydrogens (tertiary/aromatic N) is 6. The third-order valence-electron chi connectivity index (χ3n) is 4.37. The highest BCUT2D eigenvalue weighted by Gasteiger charge is 2.15. The number of rotatable bonds is 2. The zero-order chi connectivity index (χ0) is 15.8. The number of hydrogen-bond donors (Lipinski definition) is 0. The van der Waals surface area contributed by atoms with E-state index < -0.39 is 0 Å². The average Bonchev–Trinajstić information content (AvgIpc) is 2.98. The van der Waals surface area contributed by atoms with Crippen molar-refractivity contribution < 1.29 is 0 Å². The van der Waals surface area contributed by atoms with Crippen molar-refractivity contribution in [2.45, 2.75) is 6.92 Å². The van der Waals surface area contributed by atoms with Gasteiger partial charge in [0.15, 0.2) is 5.65 Å². The van der Waals surface area contributed by atoms with Gasteiger partial charge in [-0.1, -0.05) is 6.07 Å². The van der Waals surface area contributed by atoms with Gasteiger partial charge in [0.2, 0.25) is 0 Å². The van der Waals surface area contributed by atoms with Gasteiger partial charge < -0.3 is 9.80 Å². The van der Waals surface area contributed by atoms with Crippen molar-refractivity contribution in [3.8, 4) is 5.69 Å². The molecular weight excluding hydrogens is 288 g/mol. The van der Waals surface area contributed by atoms with E-state index in [-0.39, 0.29) is 0 Å². The summed E-state index contributed by atoms with van der Waals surface area (Å²) in [4.78, 5) is 13.6. The molecule has 3 aromatic rings. The molecule has 0 saturated carbocycles. The number of fused-ring (bicyclic) bond motifs is 1. The van der Waals surface area contributed by atoms with Crippen LogP contribution in [0.2, 0.25) is 0 Å². The molecule has 0 N–H and O–H groups in total. The second kappa shape index (κ2) is 5.62. The molecular formula is C17H20N6. The lowest BCUT2D eigenvalue weighted by Gasteiger charge is -2.34. The fourth-order valence-corrected chi connectivity index (χ4v) is 2.98. The summed E-state index contributed by atoms with van der Waals surface area (Å²) in [5, 5.41) is 5.45. The van der Waals surface area contributed by atoms with Crippen LogP contribution in [-0.2, 0) is 0 Å². The maximum absolute atomic E-state index is 4.53. The van der Waals surface area contributed by atoms with Gasteiger partial charge in [-0.2, -0.15) is 5.10 Å². The maximum Gasteiger partial charge on any atom is 0.166 e. The molecule has 0 spiro atoms. The van der Waals surface area contributed by atoms with Gasteiger partial charge in [-0.25, -0.2) is 14.6 Å². The summed E-state index contributed by atoms with van der Waals surface area (Å²) in [7, 11) is 2.17. The number of aryl methyl sites for hydroxylation is 1. The SMILES string of the molecule is Cc1ncc2cnn(-c3cccc(N4CCN(C)CC4)c3)c2n1. The normalized spacial score (nSPS) is 16.2. The fraction of sp³-hybridized carbons (Fsp3) is 0.353. The summed E-state index contributed by atoms with van der Waals surface area (Å²) in [6.07, 6.45) is 3.64. The van der Waals surface area contributed by atoms with Gasteiger partial charge in [0.1, 0.15) is 5.82 Å². The highest BCUT2D eigenvalue weighted by atomic mass is 15.3. The highest BCUT2D eigenvalue weighted by molar-refractivity contribution is 5.75. The summed E-state index contributed by atoms with van der Waals surface area (Å²) < 4.78 is 1.89. The molecule has 0 atom stereocenters. The van der Waals surface area contributed by atoms with E-state index in [1.807, 2.05) is 24.0 Å². The predicted molar refractivity (Wildman–Crippen MR) is 91.1 cm³/mol. The van der Waals surface area contributed by atoms with Gasteiger partial charge in [-0.15, -0.1) is 0 Å². The van der Waals surface area contributed by atoms with Crippen molar-refractivity contribution in [1.29, 1.82) is 0 Å². The second-order valence-electron chi connectivity index (χ2n) is 6.06. The maximum atomic E-state index is 4.53. The van der Waals surface area contributed by atoms with Crippen LogP contribution in [0.4, 0.5) is 5.69 Å². The quantitative estimate of drug-likeness (QED) is 0.723. The molecule has 23 heavy (non-hydrogen) atoms. The summed E-state index contributed by atoms with van der Waals surface area (Å²) in [6.45, 7) is 6.21. The summed E-state index contributed by atoms with van der Waals surface area (Å²) >= 11 is 0. The first-order valence-electron chi connectivity index (χ1n) is 7.92. The lowest BCUT2D eigenvalue weighted by molar-refractivity contribution is 0.313. The van der Waals surface area contributed by atoms with E-state index in [2.05, 4.69) is 56.2 Å². The van der Waals surface area contributed by atoms with Crippen molar-refractivity contribution in [2.24, 2.45) is 0 Å². The Morgan fingerprint density at radius 3 is 2.61 bits per heavy atom. The molecule has 3 heterocycles. The molecule has 6 nitrogen and oxygen atoms in total. The van der Waals surface area contributed by atoms with Gasteiger partial charge in [-0.05, 0) is 32.2 Å². The number of anilines is 1. The Bertz CT molecular complexity index is 832. The minimum atomic E-state index is 0.759. The molecule has 1 saturated heterocycles.